The predicted molar refractivity (Wildman–Crippen MR) is 68.1 cm³/mol. The van der Waals surface area contributed by atoms with E-state index in [2.05, 4.69) is 0 Å². The Labute approximate surface area is 108 Å². The van der Waals surface area contributed by atoms with E-state index >= 15 is 0 Å². The van der Waals surface area contributed by atoms with Gasteiger partial charge >= 0.3 is 5.97 Å². The molecule has 0 bridgehead atoms. The molecule has 1 amide bonds. The molecule has 0 radical (unpaired) electrons. The number of rotatable bonds is 4. The first-order valence-corrected chi connectivity index (χ1v) is 6.40. The SMILES string of the molecule is CC(C)C(N)C(=O)N1CCCN(CC(=O)O)CC1. The van der Waals surface area contributed by atoms with Gasteiger partial charge in [0.15, 0.2) is 0 Å². The van der Waals surface area contributed by atoms with Crippen LogP contribution in [0.3, 0.4) is 0 Å². The third-order valence-electron chi connectivity index (χ3n) is 3.26. The van der Waals surface area contributed by atoms with Gasteiger partial charge in [0.1, 0.15) is 0 Å². The second kappa shape index (κ2) is 6.70. The van der Waals surface area contributed by atoms with Gasteiger partial charge in [-0.05, 0) is 12.3 Å². The Kier molecular flexibility index (Phi) is 5.55. The maximum atomic E-state index is 12.1. The minimum atomic E-state index is -0.825. The van der Waals surface area contributed by atoms with E-state index < -0.39 is 12.0 Å². The van der Waals surface area contributed by atoms with Gasteiger partial charge in [-0.25, -0.2) is 0 Å². The number of hydrogen-bond acceptors (Lipinski definition) is 4. The quantitative estimate of drug-likeness (QED) is 0.715. The highest BCUT2D eigenvalue weighted by Gasteiger charge is 2.25. The van der Waals surface area contributed by atoms with Crippen LogP contribution in [0.4, 0.5) is 0 Å². The van der Waals surface area contributed by atoms with E-state index in [1.807, 2.05) is 18.7 Å². The number of carboxylic acid groups (broad SMARTS) is 1. The van der Waals surface area contributed by atoms with Crippen LogP contribution in [0.2, 0.25) is 0 Å². The molecule has 6 heteroatoms. The van der Waals surface area contributed by atoms with Gasteiger partial charge in [0.05, 0.1) is 12.6 Å². The van der Waals surface area contributed by atoms with E-state index in [9.17, 15) is 9.59 Å². The van der Waals surface area contributed by atoms with Gasteiger partial charge in [-0.3, -0.25) is 14.5 Å². The van der Waals surface area contributed by atoms with Crippen molar-refractivity contribution in [3.63, 3.8) is 0 Å². The summed E-state index contributed by atoms with van der Waals surface area (Å²) in [5.74, 6) is -0.730. The molecule has 1 atom stereocenters. The Morgan fingerprint density at radius 2 is 1.89 bits per heavy atom. The van der Waals surface area contributed by atoms with Crippen molar-refractivity contribution in [3.8, 4) is 0 Å². The van der Waals surface area contributed by atoms with Crippen LogP contribution in [0, 0.1) is 5.92 Å². The van der Waals surface area contributed by atoms with Crippen molar-refractivity contribution in [2.45, 2.75) is 26.3 Å². The lowest BCUT2D eigenvalue weighted by atomic mass is 10.0. The number of carbonyl (C=O) groups is 2. The monoisotopic (exact) mass is 257 g/mol. The molecule has 0 aromatic carbocycles. The molecule has 6 nitrogen and oxygen atoms in total. The summed E-state index contributed by atoms with van der Waals surface area (Å²) >= 11 is 0. The molecule has 0 spiro atoms. The molecule has 1 fully saturated rings. The normalized spacial score (nSPS) is 19.7. The van der Waals surface area contributed by atoms with Crippen molar-refractivity contribution >= 4 is 11.9 Å². The van der Waals surface area contributed by atoms with Crippen LogP contribution in [0.1, 0.15) is 20.3 Å². The molecule has 1 saturated heterocycles. The zero-order chi connectivity index (χ0) is 13.7. The maximum absolute atomic E-state index is 12.1. The first kappa shape index (κ1) is 14.9. The van der Waals surface area contributed by atoms with Gasteiger partial charge in [0.2, 0.25) is 5.91 Å². The fraction of sp³-hybridized carbons (Fsp3) is 0.833. The average Bonchev–Trinajstić information content (AvgIpc) is 2.51. The summed E-state index contributed by atoms with van der Waals surface area (Å²) in [7, 11) is 0. The molecular weight excluding hydrogens is 234 g/mol. The topological polar surface area (TPSA) is 86.9 Å². The molecular formula is C12H23N3O3. The van der Waals surface area contributed by atoms with E-state index in [-0.39, 0.29) is 18.4 Å². The molecule has 1 aliphatic rings. The number of nitrogens with two attached hydrogens (primary N) is 1. The summed E-state index contributed by atoms with van der Waals surface area (Å²) in [5, 5.41) is 8.75. The van der Waals surface area contributed by atoms with Gasteiger partial charge in [0.25, 0.3) is 0 Å². The van der Waals surface area contributed by atoms with E-state index in [1.54, 1.807) is 4.90 Å². The highest BCUT2D eigenvalue weighted by Crippen LogP contribution is 2.08. The molecule has 0 aromatic rings. The maximum Gasteiger partial charge on any atom is 0.317 e. The Balaban J connectivity index is 2.51. The lowest BCUT2D eigenvalue weighted by molar-refractivity contribution is -0.138. The van der Waals surface area contributed by atoms with Crippen molar-refractivity contribution in [2.75, 3.05) is 32.7 Å². The van der Waals surface area contributed by atoms with E-state index in [0.717, 1.165) is 6.42 Å². The first-order valence-electron chi connectivity index (χ1n) is 6.40. The third-order valence-corrected chi connectivity index (χ3v) is 3.26. The second-order valence-corrected chi connectivity index (χ2v) is 5.12. The van der Waals surface area contributed by atoms with E-state index in [4.69, 9.17) is 10.8 Å². The molecule has 0 aromatic heterocycles. The average molecular weight is 257 g/mol. The zero-order valence-corrected chi connectivity index (χ0v) is 11.1. The summed E-state index contributed by atoms with van der Waals surface area (Å²) < 4.78 is 0. The van der Waals surface area contributed by atoms with Crippen molar-refractivity contribution in [1.29, 1.82) is 0 Å². The molecule has 1 aliphatic heterocycles. The summed E-state index contributed by atoms with van der Waals surface area (Å²) in [4.78, 5) is 26.4. The standard InChI is InChI=1S/C12H23N3O3/c1-9(2)11(13)12(18)15-5-3-4-14(6-7-15)8-10(16)17/h9,11H,3-8,13H2,1-2H3,(H,16,17). The van der Waals surface area contributed by atoms with Crippen LogP contribution in [0.15, 0.2) is 0 Å². The van der Waals surface area contributed by atoms with Gasteiger partial charge in [-0.15, -0.1) is 0 Å². The van der Waals surface area contributed by atoms with Crippen LogP contribution < -0.4 is 5.73 Å². The van der Waals surface area contributed by atoms with Crippen molar-refractivity contribution in [1.82, 2.24) is 9.80 Å². The second-order valence-electron chi connectivity index (χ2n) is 5.12. The van der Waals surface area contributed by atoms with Gasteiger partial charge in [-0.1, -0.05) is 13.8 Å². The molecule has 3 N–H and O–H groups in total. The Hall–Kier alpha value is -1.14. The van der Waals surface area contributed by atoms with Crippen LogP contribution in [-0.4, -0.2) is 65.5 Å². The molecule has 1 rings (SSSR count). The number of carboxylic acids is 1. The van der Waals surface area contributed by atoms with E-state index in [0.29, 0.717) is 26.2 Å². The molecule has 18 heavy (non-hydrogen) atoms. The number of carbonyl (C=O) groups excluding carboxylic acids is 1. The summed E-state index contributed by atoms with van der Waals surface area (Å²) in [6.07, 6.45) is 0.795. The smallest absolute Gasteiger partial charge is 0.317 e. The fourth-order valence-corrected chi connectivity index (χ4v) is 2.04. The van der Waals surface area contributed by atoms with Gasteiger partial charge < -0.3 is 15.7 Å². The highest BCUT2D eigenvalue weighted by molar-refractivity contribution is 5.82. The van der Waals surface area contributed by atoms with Crippen LogP contribution in [-0.2, 0) is 9.59 Å². The highest BCUT2D eigenvalue weighted by atomic mass is 16.4. The van der Waals surface area contributed by atoms with Crippen LogP contribution >= 0.6 is 0 Å². The fourth-order valence-electron chi connectivity index (χ4n) is 2.04. The Bertz CT molecular complexity index is 307. The summed E-state index contributed by atoms with van der Waals surface area (Å²) in [5.41, 5.74) is 5.86. The van der Waals surface area contributed by atoms with Crippen LogP contribution in [0.5, 0.6) is 0 Å². The summed E-state index contributed by atoms with van der Waals surface area (Å²) in [6, 6.07) is -0.462. The van der Waals surface area contributed by atoms with Gasteiger partial charge in [0, 0.05) is 26.2 Å². The minimum Gasteiger partial charge on any atom is -0.480 e. The number of nitrogens with zero attached hydrogens (tertiary/aromatic N) is 2. The molecule has 1 heterocycles. The zero-order valence-electron chi connectivity index (χ0n) is 11.1. The lowest BCUT2D eigenvalue weighted by Crippen LogP contribution is -2.47. The lowest BCUT2D eigenvalue weighted by Gasteiger charge is -2.26. The minimum absolute atomic E-state index is 0.0258. The number of aliphatic carboxylic acids is 1. The van der Waals surface area contributed by atoms with Gasteiger partial charge in [-0.2, -0.15) is 0 Å². The predicted octanol–water partition coefficient (Wildman–Crippen LogP) is -0.411. The summed E-state index contributed by atoms with van der Waals surface area (Å²) in [6.45, 7) is 6.43. The third kappa shape index (κ3) is 4.27. The Morgan fingerprint density at radius 3 is 2.44 bits per heavy atom. The largest absolute Gasteiger partial charge is 0.480 e. The molecule has 104 valence electrons. The van der Waals surface area contributed by atoms with Crippen LogP contribution in [0.25, 0.3) is 0 Å². The number of amides is 1. The number of hydrogen-bond donors (Lipinski definition) is 2. The molecule has 1 unspecified atom stereocenters. The van der Waals surface area contributed by atoms with Crippen molar-refractivity contribution in [3.05, 3.63) is 0 Å². The molecule has 0 saturated carbocycles. The Morgan fingerprint density at radius 1 is 1.22 bits per heavy atom. The molecule has 0 aliphatic carbocycles. The first-order chi connectivity index (χ1) is 8.41. The van der Waals surface area contributed by atoms with Crippen molar-refractivity contribution in [2.24, 2.45) is 11.7 Å². The van der Waals surface area contributed by atoms with E-state index in [1.165, 1.54) is 0 Å². The van der Waals surface area contributed by atoms with Crippen molar-refractivity contribution < 1.29 is 14.7 Å².